The molecule has 11 heteroatoms. The third kappa shape index (κ3) is 5.15. The molecule has 0 saturated carbocycles. The number of nitrogens with zero attached hydrogens (tertiary/aromatic N) is 8. The second-order valence-corrected chi connectivity index (χ2v) is 12.3. The Labute approximate surface area is 253 Å². The van der Waals surface area contributed by atoms with Crippen LogP contribution in [-0.4, -0.2) is 79.3 Å². The van der Waals surface area contributed by atoms with Gasteiger partial charge in [0.05, 0.1) is 29.8 Å². The quantitative estimate of drug-likeness (QED) is 0.338. The zero-order valence-corrected chi connectivity index (χ0v) is 26.2. The van der Waals surface area contributed by atoms with Crippen molar-refractivity contribution in [1.29, 1.82) is 0 Å². The fraction of sp³-hybridized carbons (Fsp3) is 0.387. The molecule has 4 aromatic rings. The maximum Gasteiger partial charge on any atom is 0.263 e. The van der Waals surface area contributed by atoms with E-state index in [1.165, 1.54) is 0 Å². The summed E-state index contributed by atoms with van der Waals surface area (Å²) in [5.74, 6) is 1.20. The van der Waals surface area contributed by atoms with Crippen molar-refractivity contribution in [3.8, 4) is 11.6 Å². The summed E-state index contributed by atoms with van der Waals surface area (Å²) in [5.41, 5.74) is 4.98. The number of carbonyl (C=O) groups excluding carboxylic acids is 1. The highest BCUT2D eigenvalue weighted by Gasteiger charge is 2.32. The van der Waals surface area contributed by atoms with Crippen molar-refractivity contribution in [2.75, 3.05) is 38.1 Å². The number of pyridine rings is 1. The number of aryl methyl sites for hydroxylation is 3. The first-order valence-electron chi connectivity index (χ1n) is 14.3. The Balaban J connectivity index is 1.42. The molecule has 2 aliphatic heterocycles. The monoisotopic (exact) mass is 630 g/mol. The number of likely N-dealkylation sites (N-methyl/N-ethyl adjacent to an activating group) is 1. The van der Waals surface area contributed by atoms with Crippen LogP contribution in [0.1, 0.15) is 45.5 Å². The maximum atomic E-state index is 14.3. The van der Waals surface area contributed by atoms with E-state index in [2.05, 4.69) is 37.9 Å². The van der Waals surface area contributed by atoms with Gasteiger partial charge in [-0.25, -0.2) is 19.2 Å². The van der Waals surface area contributed by atoms with E-state index in [-0.39, 0.29) is 24.1 Å². The van der Waals surface area contributed by atoms with Crippen molar-refractivity contribution in [3.63, 3.8) is 0 Å². The van der Waals surface area contributed by atoms with Crippen LogP contribution in [-0.2, 0) is 13.0 Å². The lowest BCUT2D eigenvalue weighted by atomic mass is 9.98. The van der Waals surface area contributed by atoms with E-state index in [0.717, 1.165) is 53.4 Å². The van der Waals surface area contributed by atoms with Gasteiger partial charge < -0.3 is 14.7 Å². The summed E-state index contributed by atoms with van der Waals surface area (Å²) in [6.07, 6.45) is 2.16. The van der Waals surface area contributed by atoms with Crippen LogP contribution < -0.4 is 10.5 Å². The second-order valence-electron chi connectivity index (χ2n) is 11.4. The number of hydrogen-bond acceptors (Lipinski definition) is 7. The lowest BCUT2D eigenvalue weighted by Gasteiger charge is -2.35. The van der Waals surface area contributed by atoms with Crippen molar-refractivity contribution < 1.29 is 4.79 Å². The van der Waals surface area contributed by atoms with Gasteiger partial charge in [-0.15, -0.1) is 0 Å². The molecule has 0 radical (unpaired) electrons. The van der Waals surface area contributed by atoms with Crippen molar-refractivity contribution >= 4 is 27.7 Å². The molecule has 1 amide bonds. The highest BCUT2D eigenvalue weighted by molar-refractivity contribution is 9.10. The minimum absolute atomic E-state index is 0.0777. The Hall–Kier alpha value is -3.83. The van der Waals surface area contributed by atoms with E-state index in [1.807, 2.05) is 64.1 Å². The standard InChI is InChI=1S/C31H35BrN8O2/c1-19-14-23(6-8-26(19)32)29(41)38-18-27-25(16-21(38)3)30(42)39(31(34-27)40-22(4)15-20(2)35-40)24-7-9-28(33-17-24)37-12-10-36(5)11-13-37/h6-9,14-15,17,21H,10-13,16,18H2,1-5H3. The first-order chi connectivity index (χ1) is 20.1. The predicted molar refractivity (Wildman–Crippen MR) is 166 cm³/mol. The fourth-order valence-electron chi connectivity index (χ4n) is 5.80. The summed E-state index contributed by atoms with van der Waals surface area (Å²) in [6.45, 7) is 11.8. The number of piperazine rings is 1. The lowest BCUT2D eigenvalue weighted by Crippen LogP contribution is -2.46. The normalized spacial score (nSPS) is 17.4. The Morgan fingerprint density at radius 1 is 1.02 bits per heavy atom. The smallest absolute Gasteiger partial charge is 0.263 e. The predicted octanol–water partition coefficient (Wildman–Crippen LogP) is 3.84. The molecule has 2 aliphatic rings. The van der Waals surface area contributed by atoms with Gasteiger partial charge in [-0.3, -0.25) is 9.59 Å². The Morgan fingerprint density at radius 2 is 1.79 bits per heavy atom. The number of carbonyl (C=O) groups is 1. The third-order valence-electron chi connectivity index (χ3n) is 8.28. The first kappa shape index (κ1) is 28.3. The van der Waals surface area contributed by atoms with Gasteiger partial charge in [0.25, 0.3) is 11.5 Å². The molecule has 1 aromatic carbocycles. The number of rotatable bonds is 4. The summed E-state index contributed by atoms with van der Waals surface area (Å²) in [7, 11) is 2.13. The highest BCUT2D eigenvalue weighted by Crippen LogP contribution is 2.26. The van der Waals surface area contributed by atoms with Crippen molar-refractivity contribution in [1.82, 2.24) is 34.1 Å². The zero-order valence-electron chi connectivity index (χ0n) is 24.6. The van der Waals surface area contributed by atoms with Gasteiger partial charge in [-0.2, -0.15) is 5.10 Å². The topological polar surface area (TPSA) is 92.4 Å². The molecular weight excluding hydrogens is 596 g/mol. The molecule has 10 nitrogen and oxygen atoms in total. The van der Waals surface area contributed by atoms with Crippen LogP contribution in [0.2, 0.25) is 0 Å². The van der Waals surface area contributed by atoms with Crippen molar-refractivity contribution in [2.45, 2.75) is 46.7 Å². The number of benzene rings is 1. The maximum absolute atomic E-state index is 14.3. The van der Waals surface area contributed by atoms with Crippen LogP contribution in [0.5, 0.6) is 0 Å². The minimum atomic E-state index is -0.172. The molecule has 1 unspecified atom stereocenters. The molecule has 6 rings (SSSR count). The average molecular weight is 632 g/mol. The molecule has 0 bridgehead atoms. The number of halogens is 1. The van der Waals surface area contributed by atoms with Gasteiger partial charge in [-0.05, 0) is 83.1 Å². The molecular formula is C31H35BrN8O2. The van der Waals surface area contributed by atoms with Crippen LogP contribution in [0.15, 0.2) is 51.9 Å². The summed E-state index contributed by atoms with van der Waals surface area (Å²) < 4.78 is 4.27. The Bertz CT molecular complexity index is 1720. The largest absolute Gasteiger partial charge is 0.354 e. The highest BCUT2D eigenvalue weighted by atomic mass is 79.9. The minimum Gasteiger partial charge on any atom is -0.354 e. The van der Waals surface area contributed by atoms with E-state index in [4.69, 9.17) is 9.97 Å². The molecule has 3 aromatic heterocycles. The molecule has 0 spiro atoms. The summed E-state index contributed by atoms with van der Waals surface area (Å²) in [5, 5.41) is 4.67. The van der Waals surface area contributed by atoms with Crippen LogP contribution in [0.25, 0.3) is 11.6 Å². The number of aromatic nitrogens is 5. The average Bonchev–Trinajstić information content (AvgIpc) is 3.32. The van der Waals surface area contributed by atoms with Gasteiger partial charge in [-0.1, -0.05) is 15.9 Å². The molecule has 0 N–H and O–H groups in total. The first-order valence-corrected chi connectivity index (χ1v) is 15.1. The number of anilines is 1. The molecule has 42 heavy (non-hydrogen) atoms. The van der Waals surface area contributed by atoms with Crippen LogP contribution >= 0.6 is 15.9 Å². The SMILES string of the molecule is Cc1cc(C)n(-c2nc3c(c(=O)n2-c2ccc(N4CCN(C)CC4)nc2)CC(C)N(C(=O)c2ccc(Br)c(C)c2)C3)n1. The van der Waals surface area contributed by atoms with E-state index < -0.39 is 0 Å². The summed E-state index contributed by atoms with van der Waals surface area (Å²) in [4.78, 5) is 44.0. The molecule has 1 fully saturated rings. The third-order valence-corrected chi connectivity index (χ3v) is 9.17. The van der Waals surface area contributed by atoms with Gasteiger partial charge in [0.1, 0.15) is 5.82 Å². The van der Waals surface area contributed by atoms with Gasteiger partial charge >= 0.3 is 0 Å². The molecule has 0 aliphatic carbocycles. The molecule has 1 atom stereocenters. The molecule has 1 saturated heterocycles. The van der Waals surface area contributed by atoms with Gasteiger partial charge in [0.2, 0.25) is 5.95 Å². The van der Waals surface area contributed by atoms with Crippen molar-refractivity contribution in [3.05, 3.63) is 91.2 Å². The van der Waals surface area contributed by atoms with Gasteiger partial charge in [0.15, 0.2) is 0 Å². The zero-order chi connectivity index (χ0) is 29.7. The number of fused-ring (bicyclic) bond motifs is 1. The van der Waals surface area contributed by atoms with Crippen LogP contribution in [0.3, 0.4) is 0 Å². The van der Waals surface area contributed by atoms with Crippen molar-refractivity contribution in [2.24, 2.45) is 0 Å². The Morgan fingerprint density at radius 3 is 2.43 bits per heavy atom. The molecule has 218 valence electrons. The van der Waals surface area contributed by atoms with Crippen LogP contribution in [0, 0.1) is 20.8 Å². The van der Waals surface area contributed by atoms with E-state index in [1.54, 1.807) is 20.3 Å². The van der Waals surface area contributed by atoms with Gasteiger partial charge in [0, 0.05) is 53.5 Å². The fourth-order valence-corrected chi connectivity index (χ4v) is 6.05. The Kier molecular flexibility index (Phi) is 7.48. The second kappa shape index (κ2) is 11.1. The summed E-state index contributed by atoms with van der Waals surface area (Å²) in [6, 6.07) is 11.3. The number of amides is 1. The summed E-state index contributed by atoms with van der Waals surface area (Å²) >= 11 is 3.52. The van der Waals surface area contributed by atoms with E-state index in [0.29, 0.717) is 34.9 Å². The van der Waals surface area contributed by atoms with E-state index >= 15 is 0 Å². The molecule has 5 heterocycles. The lowest BCUT2D eigenvalue weighted by molar-refractivity contribution is 0.0652. The van der Waals surface area contributed by atoms with Crippen LogP contribution in [0.4, 0.5) is 5.82 Å². The van der Waals surface area contributed by atoms with E-state index in [9.17, 15) is 9.59 Å². The number of hydrogen-bond donors (Lipinski definition) is 0.